The second kappa shape index (κ2) is 5.87. The summed E-state index contributed by atoms with van der Waals surface area (Å²) in [6, 6.07) is -0.617. The van der Waals surface area contributed by atoms with Crippen molar-refractivity contribution in [1.82, 2.24) is 19.5 Å². The fraction of sp³-hybridized carbons (Fsp3) is 0.417. The minimum absolute atomic E-state index is 0.0787. The quantitative estimate of drug-likeness (QED) is 0.543. The fourth-order valence-electron chi connectivity index (χ4n) is 2.63. The Morgan fingerprint density at radius 1 is 1.46 bits per heavy atom. The lowest BCUT2D eigenvalue weighted by molar-refractivity contribution is -0.0534. The van der Waals surface area contributed by atoms with Crippen LogP contribution in [-0.2, 0) is 9.30 Å². The summed E-state index contributed by atoms with van der Waals surface area (Å²) in [6.07, 6.45) is 2.76. The molecule has 24 heavy (non-hydrogen) atoms. The van der Waals surface area contributed by atoms with Crippen LogP contribution in [0.5, 0.6) is 0 Å². The van der Waals surface area contributed by atoms with E-state index >= 15 is 0 Å². The van der Waals surface area contributed by atoms with E-state index in [1.807, 2.05) is 0 Å². The molecule has 1 aliphatic carbocycles. The van der Waals surface area contributed by atoms with E-state index in [1.54, 1.807) is 0 Å². The molecule has 1 aliphatic rings. The first-order chi connectivity index (χ1) is 11.3. The number of aliphatic hydroxyl groups is 1. The number of anilines is 1. The van der Waals surface area contributed by atoms with Gasteiger partial charge in [-0.2, -0.15) is 0 Å². The number of hydrogen-bond donors (Lipinski definition) is 4. The van der Waals surface area contributed by atoms with Gasteiger partial charge < -0.3 is 29.9 Å². The lowest BCUT2D eigenvalue weighted by Crippen LogP contribution is -2.36. The van der Waals surface area contributed by atoms with Crippen molar-refractivity contribution in [2.45, 2.75) is 18.1 Å². The molecule has 0 bridgehead atoms. The first-order valence-corrected chi connectivity index (χ1v) is 8.66. The Morgan fingerprint density at radius 3 is 2.88 bits per heavy atom. The third kappa shape index (κ3) is 2.92. The van der Waals surface area contributed by atoms with Crippen LogP contribution in [0.1, 0.15) is 12.5 Å². The summed E-state index contributed by atoms with van der Waals surface area (Å²) in [6.45, 7) is -0.768. The average Bonchev–Trinajstić information content (AvgIpc) is 3.07. The molecule has 0 saturated carbocycles. The summed E-state index contributed by atoms with van der Waals surface area (Å²) in [7, 11) is -4.51. The van der Waals surface area contributed by atoms with Crippen LogP contribution in [0.4, 0.5) is 10.2 Å². The van der Waals surface area contributed by atoms with Crippen molar-refractivity contribution in [3.63, 3.8) is 0 Å². The normalized spacial score (nSPS) is 24.5. The Morgan fingerprint density at radius 2 is 2.21 bits per heavy atom. The van der Waals surface area contributed by atoms with Crippen LogP contribution in [-0.4, -0.2) is 53.0 Å². The lowest BCUT2D eigenvalue weighted by Gasteiger charge is -2.28. The molecule has 12 heteroatoms. The number of hydrogen-bond acceptors (Lipinski definition) is 7. The summed E-state index contributed by atoms with van der Waals surface area (Å²) >= 11 is 0. The summed E-state index contributed by atoms with van der Waals surface area (Å²) < 4.78 is 31.9. The molecular weight excluding hydrogens is 344 g/mol. The maximum atomic E-state index is 14.4. The van der Waals surface area contributed by atoms with Gasteiger partial charge in [0.05, 0.1) is 19.0 Å². The van der Waals surface area contributed by atoms with Gasteiger partial charge in [-0.1, -0.05) is 0 Å². The molecule has 2 aromatic rings. The molecule has 0 amide bonds. The number of nitrogens with zero attached hydrogens (tertiary/aromatic N) is 4. The third-order valence-corrected chi connectivity index (χ3v) is 4.29. The first kappa shape index (κ1) is 16.9. The molecule has 130 valence electrons. The summed E-state index contributed by atoms with van der Waals surface area (Å²) in [5.74, 6) is -0.639. The van der Waals surface area contributed by atoms with Crippen molar-refractivity contribution in [2.75, 3.05) is 18.7 Å². The van der Waals surface area contributed by atoms with Gasteiger partial charge in [-0.25, -0.2) is 19.3 Å². The van der Waals surface area contributed by atoms with Gasteiger partial charge in [0.2, 0.25) is 0 Å². The Bertz CT molecular complexity index is 851. The third-order valence-electron chi connectivity index (χ3n) is 3.82. The van der Waals surface area contributed by atoms with Gasteiger partial charge in [0.15, 0.2) is 11.5 Å². The van der Waals surface area contributed by atoms with E-state index < -0.39 is 38.0 Å². The molecule has 0 aromatic carbocycles. The number of allylic oxidation sites excluding steroid dienone is 1. The maximum Gasteiger partial charge on any atom is 0.351 e. The molecule has 2 atom stereocenters. The van der Waals surface area contributed by atoms with Crippen molar-refractivity contribution in [1.29, 1.82) is 0 Å². The number of nitrogens with two attached hydrogens (primary N) is 1. The van der Waals surface area contributed by atoms with Crippen LogP contribution in [0.2, 0.25) is 0 Å². The highest BCUT2D eigenvalue weighted by Crippen LogP contribution is 2.44. The molecule has 0 aliphatic heterocycles. The number of halogens is 1. The molecule has 0 fully saturated rings. The summed E-state index contributed by atoms with van der Waals surface area (Å²) in [4.78, 5) is 29.8. The van der Waals surface area contributed by atoms with Crippen molar-refractivity contribution < 1.29 is 28.6 Å². The zero-order valence-electron chi connectivity index (χ0n) is 12.3. The number of ether oxygens (including phenoxy) is 1. The zero-order valence-corrected chi connectivity index (χ0v) is 13.2. The molecule has 0 radical (unpaired) electrons. The van der Waals surface area contributed by atoms with Crippen molar-refractivity contribution in [3.8, 4) is 0 Å². The van der Waals surface area contributed by atoms with Crippen LogP contribution in [0, 0.1) is 0 Å². The van der Waals surface area contributed by atoms with E-state index in [0.717, 1.165) is 0 Å². The van der Waals surface area contributed by atoms with Crippen LogP contribution in [0.15, 0.2) is 24.6 Å². The maximum absolute atomic E-state index is 14.4. The first-order valence-electron chi connectivity index (χ1n) is 6.86. The summed E-state index contributed by atoms with van der Waals surface area (Å²) in [5, 5.41) is 9.53. The number of fused-ring (bicyclic) bond motifs is 1. The molecule has 2 aromatic heterocycles. The van der Waals surface area contributed by atoms with Crippen LogP contribution >= 0.6 is 7.60 Å². The largest absolute Gasteiger partial charge is 0.393 e. The predicted octanol–water partition coefficient (Wildman–Crippen LogP) is 0.0896. The number of rotatable bonds is 5. The van der Waals surface area contributed by atoms with Gasteiger partial charge in [-0.3, -0.25) is 4.57 Å². The molecular formula is C12H15FN5O5P. The van der Waals surface area contributed by atoms with Gasteiger partial charge in [-0.15, -0.1) is 0 Å². The Balaban J connectivity index is 1.92. The summed E-state index contributed by atoms with van der Waals surface area (Å²) in [5.41, 5.74) is 4.61. The van der Waals surface area contributed by atoms with Crippen molar-refractivity contribution in [2.24, 2.45) is 0 Å². The van der Waals surface area contributed by atoms with Gasteiger partial charge in [0.1, 0.15) is 29.6 Å². The van der Waals surface area contributed by atoms with Crippen LogP contribution < -0.4 is 5.73 Å². The number of aliphatic hydroxyl groups excluding tert-OH is 1. The van der Waals surface area contributed by atoms with E-state index in [2.05, 4.69) is 15.0 Å². The topological polar surface area (TPSA) is 157 Å². The van der Waals surface area contributed by atoms with Gasteiger partial charge in [0.25, 0.3) is 0 Å². The molecule has 3 rings (SSSR count). The predicted molar refractivity (Wildman–Crippen MR) is 80.4 cm³/mol. The fourth-order valence-corrected chi connectivity index (χ4v) is 3.04. The van der Waals surface area contributed by atoms with Gasteiger partial charge >= 0.3 is 7.60 Å². The molecule has 5 N–H and O–H groups in total. The van der Waals surface area contributed by atoms with Crippen LogP contribution in [0.25, 0.3) is 11.2 Å². The number of nitrogen functional groups attached to an aromatic ring is 1. The lowest BCUT2D eigenvalue weighted by atomic mass is 10.0. The minimum atomic E-state index is -4.51. The minimum Gasteiger partial charge on any atom is -0.393 e. The Hall–Kier alpha value is -1.91. The highest BCUT2D eigenvalue weighted by molar-refractivity contribution is 7.51. The number of aromatic nitrogens is 4. The molecule has 0 spiro atoms. The van der Waals surface area contributed by atoms with E-state index in [4.69, 9.17) is 20.3 Å². The Kier molecular flexibility index (Phi) is 4.14. The molecule has 10 nitrogen and oxygen atoms in total. The smallest absolute Gasteiger partial charge is 0.351 e. The van der Waals surface area contributed by atoms with Crippen molar-refractivity contribution >= 4 is 24.6 Å². The molecule has 1 unspecified atom stereocenters. The SMILES string of the molecule is Nc1ncnc2c1ncn2C1C=C(F)[C@@](CO)(OCP(=O)(O)O)C1. The molecule has 0 saturated heterocycles. The second-order valence-corrected chi connectivity index (χ2v) is 7.05. The highest BCUT2D eigenvalue weighted by Gasteiger charge is 2.45. The van der Waals surface area contributed by atoms with Gasteiger partial charge in [0, 0.05) is 6.42 Å². The second-order valence-electron chi connectivity index (χ2n) is 5.46. The van der Waals surface area contributed by atoms with Crippen LogP contribution in [0.3, 0.4) is 0 Å². The van der Waals surface area contributed by atoms with E-state index in [1.165, 1.54) is 23.3 Å². The van der Waals surface area contributed by atoms with Crippen molar-refractivity contribution in [3.05, 3.63) is 24.6 Å². The number of imidazole rings is 1. The Labute approximate surface area is 135 Å². The standard InChI is InChI=1S/C12H15FN5O5P/c13-8-1-7(2-12(8,3-19)23-6-24(20,21)22)18-5-17-9-10(14)15-4-16-11(9)18/h1,4-5,7,19H,2-3,6H2,(H2,14,15,16)(H2,20,21,22)/t7?,12-/m1/s1. The van der Waals surface area contributed by atoms with E-state index in [0.29, 0.717) is 11.2 Å². The van der Waals surface area contributed by atoms with E-state index in [9.17, 15) is 14.1 Å². The average molecular weight is 359 g/mol. The highest BCUT2D eigenvalue weighted by atomic mass is 31.2. The van der Waals surface area contributed by atoms with Gasteiger partial charge in [-0.05, 0) is 6.08 Å². The zero-order chi connectivity index (χ0) is 17.5. The monoisotopic (exact) mass is 359 g/mol. The molecule has 2 heterocycles. The van der Waals surface area contributed by atoms with E-state index in [-0.39, 0.29) is 12.2 Å².